The summed E-state index contributed by atoms with van der Waals surface area (Å²) in [6.07, 6.45) is 11.4. The Balaban J connectivity index is 2.12. The number of fused-ring (bicyclic) bond motifs is 2. The zero-order valence-electron chi connectivity index (χ0n) is 7.60. The lowest BCUT2D eigenvalue weighted by Gasteiger charge is -2.41. The molecular formula is C10H10N3O+. The third-order valence-corrected chi connectivity index (χ3v) is 2.95. The molecule has 0 fully saturated rings. The lowest BCUT2D eigenvalue weighted by molar-refractivity contribution is -0.485. The molecule has 1 atom stereocenters. The van der Waals surface area contributed by atoms with Crippen LogP contribution in [0.15, 0.2) is 40.8 Å². The predicted molar refractivity (Wildman–Crippen MR) is 52.5 cm³/mol. The van der Waals surface area contributed by atoms with Crippen LogP contribution < -0.4 is 5.32 Å². The number of hydrazone groups is 1. The van der Waals surface area contributed by atoms with Gasteiger partial charge in [-0.3, -0.25) is 0 Å². The van der Waals surface area contributed by atoms with Gasteiger partial charge in [0.25, 0.3) is 6.20 Å². The van der Waals surface area contributed by atoms with Crippen LogP contribution in [0.25, 0.3) is 0 Å². The lowest BCUT2D eigenvalue weighted by Crippen LogP contribution is -2.51. The molecule has 0 bridgehead atoms. The van der Waals surface area contributed by atoms with Crippen LogP contribution in [0.5, 0.6) is 0 Å². The molecule has 14 heavy (non-hydrogen) atoms. The first-order valence-electron chi connectivity index (χ1n) is 4.69. The molecule has 1 spiro atoms. The molecule has 3 rings (SSSR count). The van der Waals surface area contributed by atoms with Gasteiger partial charge < -0.3 is 5.32 Å². The topological polar surface area (TPSA) is 44.5 Å². The Morgan fingerprint density at radius 3 is 3.14 bits per heavy atom. The second-order valence-electron chi connectivity index (χ2n) is 3.74. The molecule has 0 saturated heterocycles. The summed E-state index contributed by atoms with van der Waals surface area (Å²) < 4.78 is 0. The molecule has 0 radical (unpaired) electrons. The maximum absolute atomic E-state index is 11.1. The SMILES string of the molecule is O=[N+]1C=C2C(=CCCC23C=CN3)C=N1. The number of nitroso groups, excluding NO2 is 1. The van der Waals surface area contributed by atoms with Crippen LogP contribution in [-0.4, -0.2) is 16.6 Å². The van der Waals surface area contributed by atoms with Crippen molar-refractivity contribution in [1.29, 1.82) is 0 Å². The van der Waals surface area contributed by atoms with Crippen LogP contribution in [-0.2, 0) is 0 Å². The molecule has 4 heteroatoms. The smallest absolute Gasteiger partial charge is 0.266 e. The van der Waals surface area contributed by atoms with Gasteiger partial charge in [-0.2, -0.15) is 0 Å². The zero-order valence-corrected chi connectivity index (χ0v) is 7.60. The fourth-order valence-corrected chi connectivity index (χ4v) is 2.14. The Kier molecular flexibility index (Phi) is 1.32. The van der Waals surface area contributed by atoms with Crippen molar-refractivity contribution in [3.8, 4) is 0 Å². The highest BCUT2D eigenvalue weighted by atomic mass is 16.3. The molecule has 1 N–H and O–H groups in total. The van der Waals surface area contributed by atoms with Crippen molar-refractivity contribution in [2.75, 3.05) is 0 Å². The maximum Gasteiger partial charge on any atom is 0.266 e. The van der Waals surface area contributed by atoms with Crippen molar-refractivity contribution in [3.63, 3.8) is 0 Å². The first kappa shape index (κ1) is 7.67. The van der Waals surface area contributed by atoms with Crippen LogP contribution in [0.1, 0.15) is 12.8 Å². The molecule has 70 valence electrons. The van der Waals surface area contributed by atoms with Gasteiger partial charge in [0.15, 0.2) is 4.87 Å². The predicted octanol–water partition coefficient (Wildman–Crippen LogP) is 1.22. The van der Waals surface area contributed by atoms with E-state index in [2.05, 4.69) is 22.6 Å². The first-order chi connectivity index (χ1) is 6.80. The van der Waals surface area contributed by atoms with Gasteiger partial charge in [0.2, 0.25) is 0 Å². The summed E-state index contributed by atoms with van der Waals surface area (Å²) in [6, 6.07) is 0. The Morgan fingerprint density at radius 2 is 2.43 bits per heavy atom. The highest BCUT2D eigenvalue weighted by molar-refractivity contribution is 5.87. The van der Waals surface area contributed by atoms with Crippen molar-refractivity contribution in [3.05, 3.63) is 40.6 Å². The summed E-state index contributed by atoms with van der Waals surface area (Å²) in [4.78, 5) is 11.7. The van der Waals surface area contributed by atoms with E-state index in [1.165, 1.54) is 0 Å². The molecule has 0 amide bonds. The summed E-state index contributed by atoms with van der Waals surface area (Å²) in [5.41, 5.74) is 2.01. The van der Waals surface area contributed by atoms with Crippen LogP contribution in [0, 0.1) is 4.91 Å². The lowest BCUT2D eigenvalue weighted by atomic mass is 9.74. The number of rotatable bonds is 0. The molecule has 3 aliphatic rings. The molecule has 0 saturated carbocycles. The molecule has 1 unspecified atom stereocenters. The van der Waals surface area contributed by atoms with Crippen molar-refractivity contribution < 1.29 is 4.87 Å². The average Bonchev–Trinajstić information content (AvgIpc) is 2.14. The molecule has 0 aromatic rings. The summed E-state index contributed by atoms with van der Waals surface area (Å²) in [6.45, 7) is 0. The van der Waals surface area contributed by atoms with Gasteiger partial charge in [0.1, 0.15) is 6.21 Å². The van der Waals surface area contributed by atoms with E-state index in [-0.39, 0.29) is 5.54 Å². The minimum Gasteiger partial charge on any atom is -0.378 e. The summed E-state index contributed by atoms with van der Waals surface area (Å²) in [5, 5.41) is 6.96. The molecule has 4 nitrogen and oxygen atoms in total. The Hall–Kier alpha value is -1.71. The summed E-state index contributed by atoms with van der Waals surface area (Å²) in [7, 11) is 0. The van der Waals surface area contributed by atoms with Crippen LogP contribution in [0.3, 0.4) is 0 Å². The summed E-state index contributed by atoms with van der Waals surface area (Å²) >= 11 is 0. The number of allylic oxidation sites excluding steroid dienone is 1. The monoisotopic (exact) mass is 188 g/mol. The standard InChI is InChI=1S/C10H10N3O/c14-13-7-9-8(6-12-13)2-1-3-10(9)4-5-11-10/h2,4-7,11H,1,3H2/q+1. The second-order valence-corrected chi connectivity index (χ2v) is 3.74. The van der Waals surface area contributed by atoms with Crippen LogP contribution >= 0.6 is 0 Å². The minimum atomic E-state index is -0.0980. The number of nitrogens with zero attached hydrogens (tertiary/aromatic N) is 2. The average molecular weight is 188 g/mol. The van der Waals surface area contributed by atoms with Gasteiger partial charge in [0, 0.05) is 10.7 Å². The zero-order chi connectivity index (χ0) is 9.60. The molecule has 0 aromatic carbocycles. The van der Waals surface area contributed by atoms with E-state index in [1.807, 2.05) is 6.20 Å². The first-order valence-corrected chi connectivity index (χ1v) is 4.69. The Morgan fingerprint density at radius 1 is 1.57 bits per heavy atom. The van der Waals surface area contributed by atoms with E-state index in [1.54, 1.807) is 12.4 Å². The van der Waals surface area contributed by atoms with Gasteiger partial charge in [-0.15, -0.1) is 0 Å². The Bertz CT molecular complexity index is 431. The van der Waals surface area contributed by atoms with Gasteiger partial charge in [-0.05, 0) is 25.1 Å². The van der Waals surface area contributed by atoms with E-state index < -0.39 is 0 Å². The van der Waals surface area contributed by atoms with E-state index in [0.717, 1.165) is 24.0 Å². The van der Waals surface area contributed by atoms with Gasteiger partial charge in [0.05, 0.1) is 16.0 Å². The number of nitrogens with one attached hydrogen (secondary N) is 1. The van der Waals surface area contributed by atoms with E-state index in [4.69, 9.17) is 0 Å². The largest absolute Gasteiger partial charge is 0.378 e. The van der Waals surface area contributed by atoms with Crippen molar-refractivity contribution in [2.45, 2.75) is 18.4 Å². The molecule has 1 aliphatic carbocycles. The second kappa shape index (κ2) is 2.41. The van der Waals surface area contributed by atoms with Crippen molar-refractivity contribution >= 4 is 6.21 Å². The number of hydrogen-bond acceptors (Lipinski definition) is 2. The van der Waals surface area contributed by atoms with E-state index >= 15 is 0 Å². The minimum absolute atomic E-state index is 0.0980. The normalized spacial score (nSPS) is 33.0. The fraction of sp³-hybridized carbons (Fsp3) is 0.300. The highest BCUT2D eigenvalue weighted by Crippen LogP contribution is 2.38. The molecule has 2 aliphatic heterocycles. The third-order valence-electron chi connectivity index (χ3n) is 2.95. The van der Waals surface area contributed by atoms with Crippen LogP contribution in [0.4, 0.5) is 0 Å². The van der Waals surface area contributed by atoms with Crippen LogP contribution in [0.2, 0.25) is 0 Å². The molecular weight excluding hydrogens is 178 g/mol. The maximum atomic E-state index is 11.1. The van der Waals surface area contributed by atoms with Crippen molar-refractivity contribution in [2.24, 2.45) is 5.10 Å². The quantitative estimate of drug-likeness (QED) is 0.581. The number of hydrogen-bond donors (Lipinski definition) is 1. The van der Waals surface area contributed by atoms with Crippen molar-refractivity contribution in [1.82, 2.24) is 5.32 Å². The van der Waals surface area contributed by atoms with Gasteiger partial charge in [-0.25, -0.2) is 0 Å². The third kappa shape index (κ3) is 0.852. The van der Waals surface area contributed by atoms with Gasteiger partial charge >= 0.3 is 0 Å². The highest BCUT2D eigenvalue weighted by Gasteiger charge is 2.42. The van der Waals surface area contributed by atoms with E-state index in [0.29, 0.717) is 4.87 Å². The fourth-order valence-electron chi connectivity index (χ4n) is 2.14. The van der Waals surface area contributed by atoms with E-state index in [9.17, 15) is 4.91 Å². The molecule has 2 heterocycles. The Labute approximate surface area is 81.3 Å². The summed E-state index contributed by atoms with van der Waals surface area (Å²) in [5.74, 6) is 0. The molecule has 0 aromatic heterocycles. The van der Waals surface area contributed by atoms with Gasteiger partial charge in [-0.1, -0.05) is 6.08 Å².